The molecule has 4 rings (SSSR count). The SMILES string of the molecule is COc1ccc(-c2nnc3ccc(SCC(=O)NCCc4ccccc4)nn23)cc1. The number of methoxy groups -OCH3 is 1. The van der Waals surface area contributed by atoms with Gasteiger partial charge in [-0.05, 0) is 48.4 Å². The summed E-state index contributed by atoms with van der Waals surface area (Å²) < 4.78 is 6.89. The number of aromatic nitrogens is 4. The molecule has 152 valence electrons. The number of benzene rings is 2. The number of carbonyl (C=O) groups is 1. The molecule has 0 saturated carbocycles. The van der Waals surface area contributed by atoms with Gasteiger partial charge in [-0.25, -0.2) is 0 Å². The number of carbonyl (C=O) groups excluding carboxylic acids is 1. The quantitative estimate of drug-likeness (QED) is 0.442. The van der Waals surface area contributed by atoms with Crippen molar-refractivity contribution in [2.75, 3.05) is 19.4 Å². The molecule has 30 heavy (non-hydrogen) atoms. The Morgan fingerprint density at radius 1 is 1.03 bits per heavy atom. The first kappa shape index (κ1) is 19.9. The maximum atomic E-state index is 12.2. The number of rotatable bonds is 8. The smallest absolute Gasteiger partial charge is 0.230 e. The molecule has 4 aromatic rings. The van der Waals surface area contributed by atoms with Gasteiger partial charge in [-0.1, -0.05) is 42.1 Å². The molecule has 0 spiro atoms. The summed E-state index contributed by atoms with van der Waals surface area (Å²) in [4.78, 5) is 12.2. The van der Waals surface area contributed by atoms with Crippen LogP contribution >= 0.6 is 11.8 Å². The van der Waals surface area contributed by atoms with Crippen LogP contribution in [-0.2, 0) is 11.2 Å². The van der Waals surface area contributed by atoms with Crippen molar-refractivity contribution in [1.82, 2.24) is 25.1 Å². The summed E-state index contributed by atoms with van der Waals surface area (Å²) in [5, 5.41) is 16.7. The van der Waals surface area contributed by atoms with Crippen LogP contribution in [0.4, 0.5) is 0 Å². The lowest BCUT2D eigenvalue weighted by Crippen LogP contribution is -2.27. The first-order valence-electron chi connectivity index (χ1n) is 9.53. The number of fused-ring (bicyclic) bond motifs is 1. The molecule has 2 aromatic heterocycles. The van der Waals surface area contributed by atoms with E-state index in [2.05, 4.69) is 32.7 Å². The fourth-order valence-corrected chi connectivity index (χ4v) is 3.64. The van der Waals surface area contributed by atoms with Crippen molar-refractivity contribution in [2.45, 2.75) is 11.4 Å². The average molecular weight is 420 g/mol. The highest BCUT2D eigenvalue weighted by atomic mass is 32.2. The van der Waals surface area contributed by atoms with Crippen LogP contribution in [0, 0.1) is 0 Å². The second-order valence-corrected chi connectivity index (χ2v) is 7.56. The standard InChI is InChI=1S/C22H21N5O2S/c1-29-18-9-7-17(8-10-18)22-25-24-19-11-12-21(26-27(19)22)30-15-20(28)23-14-13-16-5-3-2-4-6-16/h2-12H,13-15H2,1H3,(H,23,28). The number of nitrogens with one attached hydrogen (secondary N) is 1. The lowest BCUT2D eigenvalue weighted by atomic mass is 10.1. The van der Waals surface area contributed by atoms with E-state index in [4.69, 9.17) is 4.74 Å². The van der Waals surface area contributed by atoms with Crippen molar-refractivity contribution in [2.24, 2.45) is 0 Å². The summed E-state index contributed by atoms with van der Waals surface area (Å²) in [7, 11) is 1.63. The lowest BCUT2D eigenvalue weighted by molar-refractivity contribution is -0.118. The lowest BCUT2D eigenvalue weighted by Gasteiger charge is -2.06. The van der Waals surface area contributed by atoms with Crippen LogP contribution in [0.5, 0.6) is 5.75 Å². The summed E-state index contributed by atoms with van der Waals surface area (Å²) in [6.45, 7) is 0.614. The van der Waals surface area contributed by atoms with Crippen LogP contribution in [0.25, 0.3) is 17.0 Å². The molecule has 0 bridgehead atoms. The summed E-state index contributed by atoms with van der Waals surface area (Å²) in [5.41, 5.74) is 2.74. The Morgan fingerprint density at radius 2 is 1.83 bits per heavy atom. The fourth-order valence-electron chi connectivity index (χ4n) is 2.95. The zero-order chi connectivity index (χ0) is 20.8. The van der Waals surface area contributed by atoms with Gasteiger partial charge in [-0.2, -0.15) is 9.61 Å². The van der Waals surface area contributed by atoms with Gasteiger partial charge in [-0.3, -0.25) is 4.79 Å². The molecule has 0 fully saturated rings. The molecule has 0 atom stereocenters. The molecule has 2 aromatic carbocycles. The summed E-state index contributed by atoms with van der Waals surface area (Å²) in [6, 6.07) is 21.4. The molecule has 0 aliphatic carbocycles. The van der Waals surface area contributed by atoms with Crippen LogP contribution in [0.3, 0.4) is 0 Å². The van der Waals surface area contributed by atoms with Gasteiger partial charge in [0.2, 0.25) is 5.91 Å². The third-order valence-electron chi connectivity index (χ3n) is 4.52. The third-order valence-corrected chi connectivity index (χ3v) is 5.44. The highest BCUT2D eigenvalue weighted by Crippen LogP contribution is 2.22. The zero-order valence-electron chi connectivity index (χ0n) is 16.5. The van der Waals surface area contributed by atoms with Gasteiger partial charge in [0.15, 0.2) is 11.5 Å². The Hall–Kier alpha value is -3.39. The molecule has 1 amide bonds. The van der Waals surface area contributed by atoms with Gasteiger partial charge in [0.05, 0.1) is 12.9 Å². The number of thioether (sulfide) groups is 1. The van der Waals surface area contributed by atoms with Crippen molar-refractivity contribution in [1.29, 1.82) is 0 Å². The molecule has 0 saturated heterocycles. The van der Waals surface area contributed by atoms with Gasteiger partial charge >= 0.3 is 0 Å². The highest BCUT2D eigenvalue weighted by Gasteiger charge is 2.11. The monoisotopic (exact) mass is 419 g/mol. The van der Waals surface area contributed by atoms with E-state index in [1.165, 1.54) is 17.3 Å². The average Bonchev–Trinajstić information content (AvgIpc) is 3.22. The number of amides is 1. The maximum Gasteiger partial charge on any atom is 0.230 e. The second kappa shape index (κ2) is 9.41. The van der Waals surface area contributed by atoms with Crippen LogP contribution in [0.2, 0.25) is 0 Å². The molecule has 0 unspecified atom stereocenters. The van der Waals surface area contributed by atoms with E-state index in [0.717, 1.165) is 22.8 Å². The molecule has 1 N–H and O–H groups in total. The first-order chi connectivity index (χ1) is 14.7. The summed E-state index contributed by atoms with van der Waals surface area (Å²) in [5.74, 6) is 1.70. The minimum Gasteiger partial charge on any atom is -0.497 e. The van der Waals surface area contributed by atoms with Crippen molar-refractivity contribution in [3.8, 4) is 17.1 Å². The van der Waals surface area contributed by atoms with E-state index in [9.17, 15) is 4.79 Å². The van der Waals surface area contributed by atoms with E-state index in [-0.39, 0.29) is 5.91 Å². The number of ether oxygens (including phenoxy) is 1. The van der Waals surface area contributed by atoms with Crippen molar-refractivity contribution in [3.05, 3.63) is 72.3 Å². The molecule has 2 heterocycles. The summed E-state index contributed by atoms with van der Waals surface area (Å²) in [6.07, 6.45) is 0.813. The topological polar surface area (TPSA) is 81.4 Å². The van der Waals surface area contributed by atoms with E-state index in [1.54, 1.807) is 11.6 Å². The predicted octanol–water partition coefficient (Wildman–Crippen LogP) is 3.25. The molecule has 7 nitrogen and oxygen atoms in total. The van der Waals surface area contributed by atoms with Crippen LogP contribution in [-0.4, -0.2) is 45.1 Å². The van der Waals surface area contributed by atoms with Crippen LogP contribution < -0.4 is 10.1 Å². The fraction of sp³-hybridized carbons (Fsp3) is 0.182. The van der Waals surface area contributed by atoms with Crippen molar-refractivity contribution >= 4 is 23.3 Å². The Morgan fingerprint density at radius 3 is 2.60 bits per heavy atom. The normalized spacial score (nSPS) is 10.8. The van der Waals surface area contributed by atoms with Crippen molar-refractivity contribution in [3.63, 3.8) is 0 Å². The molecule has 0 aliphatic rings. The number of hydrogen-bond donors (Lipinski definition) is 1. The largest absolute Gasteiger partial charge is 0.497 e. The second-order valence-electron chi connectivity index (χ2n) is 6.57. The predicted molar refractivity (Wildman–Crippen MR) is 117 cm³/mol. The zero-order valence-corrected chi connectivity index (χ0v) is 17.3. The van der Waals surface area contributed by atoms with Gasteiger partial charge in [0, 0.05) is 12.1 Å². The third kappa shape index (κ3) is 4.77. The van der Waals surface area contributed by atoms with Gasteiger partial charge < -0.3 is 10.1 Å². The van der Waals surface area contributed by atoms with Crippen LogP contribution in [0.1, 0.15) is 5.56 Å². The van der Waals surface area contributed by atoms with E-state index in [0.29, 0.717) is 23.8 Å². The van der Waals surface area contributed by atoms with Gasteiger partial charge in [0.1, 0.15) is 10.8 Å². The Labute approximate surface area is 178 Å². The Bertz CT molecular complexity index is 1130. The Kier molecular flexibility index (Phi) is 6.24. The summed E-state index contributed by atoms with van der Waals surface area (Å²) >= 11 is 1.38. The maximum absolute atomic E-state index is 12.2. The van der Waals surface area contributed by atoms with Gasteiger partial charge in [-0.15, -0.1) is 10.2 Å². The molecule has 8 heteroatoms. The van der Waals surface area contributed by atoms with E-state index < -0.39 is 0 Å². The molecule has 0 radical (unpaired) electrons. The minimum atomic E-state index is -0.0167. The number of nitrogens with zero attached hydrogens (tertiary/aromatic N) is 4. The van der Waals surface area contributed by atoms with Crippen LogP contribution in [0.15, 0.2) is 71.8 Å². The molecular formula is C22H21N5O2S. The van der Waals surface area contributed by atoms with Crippen molar-refractivity contribution < 1.29 is 9.53 Å². The molecule has 0 aliphatic heterocycles. The highest BCUT2D eigenvalue weighted by molar-refractivity contribution is 7.99. The molecular weight excluding hydrogens is 398 g/mol. The van der Waals surface area contributed by atoms with E-state index >= 15 is 0 Å². The minimum absolute atomic E-state index is 0.0167. The first-order valence-corrected chi connectivity index (χ1v) is 10.5. The van der Waals surface area contributed by atoms with Gasteiger partial charge in [0.25, 0.3) is 0 Å². The van der Waals surface area contributed by atoms with E-state index in [1.807, 2.05) is 54.6 Å². The number of hydrogen-bond acceptors (Lipinski definition) is 6. The Balaban J connectivity index is 1.37.